The lowest BCUT2D eigenvalue weighted by atomic mass is 9.78. The number of halogens is 4. The summed E-state index contributed by atoms with van der Waals surface area (Å²) in [5, 5.41) is 20.2. The van der Waals surface area contributed by atoms with E-state index in [1.165, 1.54) is 12.1 Å². The predicted octanol–water partition coefficient (Wildman–Crippen LogP) is 6.05. The van der Waals surface area contributed by atoms with E-state index in [2.05, 4.69) is 4.90 Å². The van der Waals surface area contributed by atoms with Crippen LogP contribution in [0.1, 0.15) is 28.7 Å². The third-order valence-corrected chi connectivity index (χ3v) is 7.12. The number of hydrogen-bond donors (Lipinski definition) is 2. The van der Waals surface area contributed by atoms with Crippen LogP contribution >= 0.6 is 23.2 Å². The fourth-order valence-electron chi connectivity index (χ4n) is 4.86. The first kappa shape index (κ1) is 26.4. The molecule has 1 amide bonds. The van der Waals surface area contributed by atoms with Gasteiger partial charge in [-0.25, -0.2) is 13.6 Å². The van der Waals surface area contributed by atoms with Crippen molar-refractivity contribution in [3.05, 3.63) is 105 Å². The predicted molar refractivity (Wildman–Crippen MR) is 136 cm³/mol. The minimum atomic E-state index is -1.19. The highest BCUT2D eigenvalue weighted by Crippen LogP contribution is 2.41. The number of rotatable bonds is 9. The molecule has 4 rings (SSSR count). The Labute approximate surface area is 218 Å². The lowest BCUT2D eigenvalue weighted by molar-refractivity contribution is 0.0403. The number of nitrogens with zero attached hydrogens (tertiary/aromatic N) is 2. The van der Waals surface area contributed by atoms with Gasteiger partial charge in [-0.2, -0.15) is 0 Å². The Morgan fingerprint density at radius 3 is 1.86 bits per heavy atom. The van der Waals surface area contributed by atoms with Gasteiger partial charge in [-0.05, 0) is 59.0 Å². The monoisotopic (exact) mass is 534 g/mol. The highest BCUT2D eigenvalue weighted by Gasteiger charge is 2.40. The van der Waals surface area contributed by atoms with Gasteiger partial charge in [0.1, 0.15) is 11.6 Å². The van der Waals surface area contributed by atoms with Crippen LogP contribution in [-0.2, 0) is 0 Å². The molecule has 1 aliphatic rings. The van der Waals surface area contributed by atoms with Crippen molar-refractivity contribution in [1.29, 1.82) is 0 Å². The highest BCUT2D eigenvalue weighted by molar-refractivity contribution is 6.30. The summed E-state index contributed by atoms with van der Waals surface area (Å²) in [6, 6.07) is 18.4. The van der Waals surface area contributed by atoms with Crippen molar-refractivity contribution in [1.82, 2.24) is 9.80 Å². The molecule has 1 aliphatic heterocycles. The molecule has 1 atom stereocenters. The summed E-state index contributed by atoms with van der Waals surface area (Å²) >= 11 is 12.2. The van der Waals surface area contributed by atoms with Gasteiger partial charge in [0.25, 0.3) is 0 Å². The Bertz CT molecular complexity index is 1120. The summed E-state index contributed by atoms with van der Waals surface area (Å²) in [5.41, 5.74) is 2.46. The fourth-order valence-corrected chi connectivity index (χ4v) is 5.11. The second-order valence-electron chi connectivity index (χ2n) is 8.98. The molecule has 1 fully saturated rings. The molecule has 1 heterocycles. The quantitative estimate of drug-likeness (QED) is 0.350. The Balaban J connectivity index is 1.62. The number of benzene rings is 3. The maximum absolute atomic E-state index is 14.1. The van der Waals surface area contributed by atoms with Gasteiger partial charge in [-0.3, -0.25) is 4.90 Å². The number of hydrogen-bond acceptors (Lipinski definition) is 3. The molecule has 0 saturated carbocycles. The third kappa shape index (κ3) is 6.16. The zero-order chi connectivity index (χ0) is 25.8. The Hall–Kier alpha value is -2.71. The first-order valence-corrected chi connectivity index (χ1v) is 12.3. The number of amides is 1. The van der Waals surface area contributed by atoms with Crippen LogP contribution in [0, 0.1) is 17.6 Å². The van der Waals surface area contributed by atoms with Gasteiger partial charge in [0.05, 0.1) is 12.6 Å². The molecule has 3 aromatic rings. The minimum absolute atomic E-state index is 0.0177. The van der Waals surface area contributed by atoms with Crippen LogP contribution in [0.2, 0.25) is 10.0 Å². The maximum atomic E-state index is 14.1. The normalized spacial score (nSPS) is 15.1. The zero-order valence-corrected chi connectivity index (χ0v) is 20.8. The van der Waals surface area contributed by atoms with E-state index in [1.807, 2.05) is 48.5 Å². The fraction of sp³-hybridized carbons (Fsp3) is 0.296. The number of aliphatic hydroxyl groups is 1. The SMILES string of the molecule is O=C(O)N(CCO)CC(c1cc(F)cc(F)c1)C1CN(C(c2ccc(Cl)cc2)c2ccc(Cl)cc2)C1. The van der Waals surface area contributed by atoms with Crippen LogP contribution in [0.3, 0.4) is 0 Å². The van der Waals surface area contributed by atoms with Crippen molar-refractivity contribution in [2.45, 2.75) is 12.0 Å². The van der Waals surface area contributed by atoms with Gasteiger partial charge in [-0.15, -0.1) is 0 Å². The van der Waals surface area contributed by atoms with Crippen LogP contribution in [0.4, 0.5) is 13.6 Å². The molecule has 1 saturated heterocycles. The maximum Gasteiger partial charge on any atom is 0.407 e. The molecule has 3 aromatic carbocycles. The van der Waals surface area contributed by atoms with E-state index in [0.717, 1.165) is 22.1 Å². The minimum Gasteiger partial charge on any atom is -0.465 e. The van der Waals surface area contributed by atoms with Gasteiger partial charge in [-0.1, -0.05) is 47.5 Å². The summed E-state index contributed by atoms with van der Waals surface area (Å²) in [4.78, 5) is 15.1. The van der Waals surface area contributed by atoms with E-state index >= 15 is 0 Å². The van der Waals surface area contributed by atoms with Gasteiger partial charge >= 0.3 is 6.09 Å². The average molecular weight is 535 g/mol. The van der Waals surface area contributed by atoms with E-state index in [4.69, 9.17) is 23.2 Å². The molecule has 0 aliphatic carbocycles. The Kier molecular flexibility index (Phi) is 8.46. The average Bonchev–Trinajstić information content (AvgIpc) is 2.80. The van der Waals surface area contributed by atoms with Crippen LogP contribution in [-0.4, -0.2) is 58.9 Å². The lowest BCUT2D eigenvalue weighted by Gasteiger charge is -2.48. The molecule has 5 nitrogen and oxygen atoms in total. The second kappa shape index (κ2) is 11.6. The van der Waals surface area contributed by atoms with Crippen molar-refractivity contribution >= 4 is 29.3 Å². The molecular formula is C27H26Cl2F2N2O3. The number of likely N-dealkylation sites (tertiary alicyclic amines) is 1. The van der Waals surface area contributed by atoms with Gasteiger partial charge in [0, 0.05) is 48.2 Å². The Morgan fingerprint density at radius 1 is 0.917 bits per heavy atom. The highest BCUT2D eigenvalue weighted by atomic mass is 35.5. The molecule has 36 heavy (non-hydrogen) atoms. The summed E-state index contributed by atoms with van der Waals surface area (Å²) < 4.78 is 28.2. The first-order valence-electron chi connectivity index (χ1n) is 11.5. The summed E-state index contributed by atoms with van der Waals surface area (Å²) in [6.07, 6.45) is -1.19. The molecule has 190 valence electrons. The summed E-state index contributed by atoms with van der Waals surface area (Å²) in [7, 11) is 0. The molecular weight excluding hydrogens is 509 g/mol. The Morgan fingerprint density at radius 2 is 1.42 bits per heavy atom. The molecule has 2 N–H and O–H groups in total. The molecule has 1 unspecified atom stereocenters. The first-order chi connectivity index (χ1) is 17.2. The van der Waals surface area contributed by atoms with Gasteiger partial charge in [0.2, 0.25) is 0 Å². The van der Waals surface area contributed by atoms with Crippen LogP contribution in [0.5, 0.6) is 0 Å². The second-order valence-corrected chi connectivity index (χ2v) is 9.85. The molecule has 0 radical (unpaired) electrons. The molecule has 0 spiro atoms. The topological polar surface area (TPSA) is 64.0 Å². The van der Waals surface area contributed by atoms with Crippen molar-refractivity contribution in [3.63, 3.8) is 0 Å². The molecule has 0 bridgehead atoms. The number of carboxylic acid groups (broad SMARTS) is 1. The van der Waals surface area contributed by atoms with Crippen molar-refractivity contribution < 1.29 is 23.8 Å². The van der Waals surface area contributed by atoms with Crippen LogP contribution in [0.25, 0.3) is 0 Å². The third-order valence-electron chi connectivity index (χ3n) is 6.61. The van der Waals surface area contributed by atoms with Crippen LogP contribution in [0.15, 0.2) is 66.7 Å². The summed E-state index contributed by atoms with van der Waals surface area (Å²) in [6.45, 7) is 0.737. The standard InChI is InChI=1S/C27H26Cl2F2N2O3/c28-21-5-1-17(2-6-21)26(18-3-7-22(29)8-4-18)33-14-20(15-33)25(16-32(9-10-34)27(35)36)19-11-23(30)13-24(31)12-19/h1-8,11-13,20,25-26,34H,9-10,14-16H2,(H,35,36). The van der Waals surface area contributed by atoms with Crippen molar-refractivity contribution in [3.8, 4) is 0 Å². The van der Waals surface area contributed by atoms with Crippen molar-refractivity contribution in [2.75, 3.05) is 32.8 Å². The summed E-state index contributed by atoms with van der Waals surface area (Å²) in [5.74, 6) is -1.94. The van der Waals surface area contributed by atoms with E-state index < -0.39 is 23.6 Å². The van der Waals surface area contributed by atoms with E-state index in [-0.39, 0.29) is 31.7 Å². The zero-order valence-electron chi connectivity index (χ0n) is 19.3. The largest absolute Gasteiger partial charge is 0.465 e. The molecule has 0 aromatic heterocycles. The smallest absolute Gasteiger partial charge is 0.407 e. The molecule has 9 heteroatoms. The van der Waals surface area contributed by atoms with E-state index in [1.54, 1.807) is 0 Å². The number of carbonyl (C=O) groups is 1. The van der Waals surface area contributed by atoms with Crippen LogP contribution < -0.4 is 0 Å². The van der Waals surface area contributed by atoms with E-state index in [9.17, 15) is 23.8 Å². The van der Waals surface area contributed by atoms with Gasteiger partial charge in [0.15, 0.2) is 0 Å². The van der Waals surface area contributed by atoms with Crippen molar-refractivity contribution in [2.24, 2.45) is 5.92 Å². The number of aliphatic hydroxyl groups excluding tert-OH is 1. The van der Waals surface area contributed by atoms with Gasteiger partial charge < -0.3 is 15.1 Å². The van der Waals surface area contributed by atoms with E-state index in [0.29, 0.717) is 28.7 Å². The lowest BCUT2D eigenvalue weighted by Crippen LogP contribution is -2.53.